The SMILES string of the molecule is Cc1nc(N2CCCC2)nc(NCCC2(O)CCCC2)c1C. The third kappa shape index (κ3) is 3.35. The molecule has 0 unspecified atom stereocenters. The smallest absolute Gasteiger partial charge is 0.227 e. The molecule has 2 aliphatic rings. The zero-order chi connectivity index (χ0) is 15.6. The van der Waals surface area contributed by atoms with Gasteiger partial charge in [-0.25, -0.2) is 4.98 Å². The average Bonchev–Trinajstić information content (AvgIpc) is 3.15. The maximum atomic E-state index is 10.4. The number of hydrogen-bond acceptors (Lipinski definition) is 5. The summed E-state index contributed by atoms with van der Waals surface area (Å²) in [4.78, 5) is 11.6. The van der Waals surface area contributed by atoms with Crippen LogP contribution in [0.3, 0.4) is 0 Å². The predicted octanol–water partition coefficient (Wildman–Crippen LogP) is 2.80. The standard InChI is InChI=1S/C17H28N4O/c1-13-14(2)19-16(21-11-5-6-12-21)20-15(13)18-10-9-17(22)7-3-4-8-17/h22H,3-12H2,1-2H3,(H,18,19,20). The first kappa shape index (κ1) is 15.5. The molecule has 0 amide bonds. The summed E-state index contributed by atoms with van der Waals surface area (Å²) >= 11 is 0. The second kappa shape index (κ2) is 6.41. The number of aryl methyl sites for hydroxylation is 1. The Kier molecular flexibility index (Phi) is 4.52. The summed E-state index contributed by atoms with van der Waals surface area (Å²) in [5, 5.41) is 13.9. The van der Waals surface area contributed by atoms with E-state index in [1.807, 2.05) is 6.92 Å². The molecule has 22 heavy (non-hydrogen) atoms. The van der Waals surface area contributed by atoms with Crippen LogP contribution in [-0.4, -0.2) is 40.3 Å². The summed E-state index contributed by atoms with van der Waals surface area (Å²) in [6.45, 7) is 7.00. The Bertz CT molecular complexity index is 520. The highest BCUT2D eigenvalue weighted by atomic mass is 16.3. The lowest BCUT2D eigenvalue weighted by Crippen LogP contribution is -2.28. The Balaban J connectivity index is 1.66. The van der Waals surface area contributed by atoms with E-state index in [0.29, 0.717) is 0 Å². The fourth-order valence-corrected chi connectivity index (χ4v) is 3.54. The summed E-state index contributed by atoms with van der Waals surface area (Å²) in [6.07, 6.45) is 7.44. The van der Waals surface area contributed by atoms with Gasteiger partial charge in [-0.2, -0.15) is 4.98 Å². The van der Waals surface area contributed by atoms with Gasteiger partial charge in [0.15, 0.2) is 0 Å². The van der Waals surface area contributed by atoms with Crippen LogP contribution in [-0.2, 0) is 0 Å². The molecule has 2 heterocycles. The van der Waals surface area contributed by atoms with Gasteiger partial charge in [0.1, 0.15) is 5.82 Å². The van der Waals surface area contributed by atoms with Crippen LogP contribution >= 0.6 is 0 Å². The van der Waals surface area contributed by atoms with Crippen molar-refractivity contribution in [3.63, 3.8) is 0 Å². The Morgan fingerprint density at radius 3 is 2.45 bits per heavy atom. The van der Waals surface area contributed by atoms with E-state index in [0.717, 1.165) is 74.8 Å². The molecule has 0 atom stereocenters. The third-order valence-electron chi connectivity index (χ3n) is 5.18. The molecule has 0 radical (unpaired) electrons. The Hall–Kier alpha value is -1.36. The molecule has 1 aliphatic heterocycles. The van der Waals surface area contributed by atoms with Crippen molar-refractivity contribution in [3.8, 4) is 0 Å². The number of rotatable bonds is 5. The quantitative estimate of drug-likeness (QED) is 0.876. The van der Waals surface area contributed by atoms with E-state index in [1.54, 1.807) is 0 Å². The van der Waals surface area contributed by atoms with Crippen LogP contribution < -0.4 is 10.2 Å². The molecule has 2 fully saturated rings. The second-order valence-corrected chi connectivity index (χ2v) is 6.89. The Morgan fingerprint density at radius 2 is 1.77 bits per heavy atom. The minimum atomic E-state index is -0.458. The lowest BCUT2D eigenvalue weighted by atomic mass is 9.98. The molecule has 122 valence electrons. The van der Waals surface area contributed by atoms with Crippen LogP contribution in [0.15, 0.2) is 0 Å². The maximum absolute atomic E-state index is 10.4. The molecule has 0 spiro atoms. The molecule has 3 rings (SSSR count). The van der Waals surface area contributed by atoms with Crippen LogP contribution in [0.25, 0.3) is 0 Å². The third-order valence-corrected chi connectivity index (χ3v) is 5.18. The molecule has 1 saturated carbocycles. The molecular weight excluding hydrogens is 276 g/mol. The van der Waals surface area contributed by atoms with Gasteiger partial charge in [-0.3, -0.25) is 0 Å². The summed E-state index contributed by atoms with van der Waals surface area (Å²) in [5.74, 6) is 1.78. The van der Waals surface area contributed by atoms with E-state index in [2.05, 4.69) is 22.1 Å². The highest BCUT2D eigenvalue weighted by molar-refractivity contribution is 5.50. The molecule has 1 saturated heterocycles. The zero-order valence-electron chi connectivity index (χ0n) is 13.9. The molecule has 0 aromatic carbocycles. The number of nitrogens with one attached hydrogen (secondary N) is 1. The average molecular weight is 304 g/mol. The van der Waals surface area contributed by atoms with Crippen LogP contribution in [0.5, 0.6) is 0 Å². The maximum Gasteiger partial charge on any atom is 0.227 e. The van der Waals surface area contributed by atoms with E-state index in [1.165, 1.54) is 12.8 Å². The highest BCUT2D eigenvalue weighted by Gasteiger charge is 2.30. The molecular formula is C17H28N4O. The molecule has 1 aromatic heterocycles. The van der Waals surface area contributed by atoms with Crippen molar-refractivity contribution in [2.45, 2.75) is 64.4 Å². The van der Waals surface area contributed by atoms with Crippen LogP contribution in [0.2, 0.25) is 0 Å². The van der Waals surface area contributed by atoms with Gasteiger partial charge in [0.2, 0.25) is 5.95 Å². The van der Waals surface area contributed by atoms with Crippen molar-refractivity contribution in [2.24, 2.45) is 0 Å². The van der Waals surface area contributed by atoms with Crippen LogP contribution in [0, 0.1) is 13.8 Å². The monoisotopic (exact) mass is 304 g/mol. The van der Waals surface area contributed by atoms with E-state index in [9.17, 15) is 5.11 Å². The number of aliphatic hydroxyl groups is 1. The normalized spacial score (nSPS) is 20.6. The molecule has 1 aromatic rings. The first-order valence-corrected chi connectivity index (χ1v) is 8.64. The van der Waals surface area contributed by atoms with Crippen molar-refractivity contribution in [2.75, 3.05) is 29.9 Å². The minimum Gasteiger partial charge on any atom is -0.390 e. The summed E-state index contributed by atoms with van der Waals surface area (Å²) in [7, 11) is 0. The molecule has 2 N–H and O–H groups in total. The van der Waals surface area contributed by atoms with Gasteiger partial charge in [0.05, 0.1) is 5.60 Å². The van der Waals surface area contributed by atoms with E-state index in [4.69, 9.17) is 4.98 Å². The van der Waals surface area contributed by atoms with Crippen LogP contribution in [0.1, 0.15) is 56.2 Å². The number of nitrogens with zero attached hydrogens (tertiary/aromatic N) is 3. The van der Waals surface area contributed by atoms with Crippen molar-refractivity contribution >= 4 is 11.8 Å². The van der Waals surface area contributed by atoms with Gasteiger partial charge in [0.25, 0.3) is 0 Å². The highest BCUT2D eigenvalue weighted by Crippen LogP contribution is 2.32. The lowest BCUT2D eigenvalue weighted by molar-refractivity contribution is 0.0424. The first-order chi connectivity index (χ1) is 10.6. The fraction of sp³-hybridized carbons (Fsp3) is 0.765. The number of anilines is 2. The predicted molar refractivity (Wildman–Crippen MR) is 89.5 cm³/mol. The molecule has 5 nitrogen and oxygen atoms in total. The van der Waals surface area contributed by atoms with Crippen molar-refractivity contribution in [1.82, 2.24) is 9.97 Å². The summed E-state index contributed by atoms with van der Waals surface area (Å²) in [5.41, 5.74) is 1.70. The van der Waals surface area contributed by atoms with Gasteiger partial charge < -0.3 is 15.3 Å². The van der Waals surface area contributed by atoms with Crippen LogP contribution in [0.4, 0.5) is 11.8 Å². The van der Waals surface area contributed by atoms with E-state index < -0.39 is 5.60 Å². The summed E-state index contributed by atoms with van der Waals surface area (Å²) in [6, 6.07) is 0. The fourth-order valence-electron chi connectivity index (χ4n) is 3.54. The number of hydrogen-bond donors (Lipinski definition) is 2. The van der Waals surface area contributed by atoms with E-state index in [-0.39, 0.29) is 0 Å². The van der Waals surface area contributed by atoms with Gasteiger partial charge in [-0.05, 0) is 46.0 Å². The lowest BCUT2D eigenvalue weighted by Gasteiger charge is -2.23. The molecule has 0 bridgehead atoms. The van der Waals surface area contributed by atoms with E-state index >= 15 is 0 Å². The van der Waals surface area contributed by atoms with Crippen molar-refractivity contribution < 1.29 is 5.11 Å². The first-order valence-electron chi connectivity index (χ1n) is 8.64. The Morgan fingerprint density at radius 1 is 1.09 bits per heavy atom. The Labute approximate surface area is 133 Å². The van der Waals surface area contributed by atoms with Gasteiger partial charge >= 0.3 is 0 Å². The van der Waals surface area contributed by atoms with Gasteiger partial charge in [-0.1, -0.05) is 12.8 Å². The molecule has 5 heteroatoms. The van der Waals surface area contributed by atoms with Gasteiger partial charge in [0, 0.05) is 30.9 Å². The van der Waals surface area contributed by atoms with Crippen molar-refractivity contribution in [3.05, 3.63) is 11.3 Å². The second-order valence-electron chi connectivity index (χ2n) is 6.89. The van der Waals surface area contributed by atoms with Crippen molar-refractivity contribution in [1.29, 1.82) is 0 Å². The molecule has 1 aliphatic carbocycles. The number of aromatic nitrogens is 2. The minimum absolute atomic E-state index is 0.458. The zero-order valence-corrected chi connectivity index (χ0v) is 13.9. The summed E-state index contributed by atoms with van der Waals surface area (Å²) < 4.78 is 0. The largest absolute Gasteiger partial charge is 0.390 e. The van der Waals surface area contributed by atoms with Gasteiger partial charge in [-0.15, -0.1) is 0 Å². The topological polar surface area (TPSA) is 61.3 Å².